The van der Waals surface area contributed by atoms with Crippen LogP contribution in [0.3, 0.4) is 0 Å². The maximum Gasteiger partial charge on any atom is 0.284 e. The number of carbonyl (C=O) groups is 1. The number of amides is 1. The van der Waals surface area contributed by atoms with Gasteiger partial charge in [0.05, 0.1) is 10.7 Å². The second-order valence-electron chi connectivity index (χ2n) is 4.92. The van der Waals surface area contributed by atoms with Gasteiger partial charge in [0.25, 0.3) is 5.91 Å². The first-order valence-corrected chi connectivity index (χ1v) is 8.52. The van der Waals surface area contributed by atoms with E-state index in [1.807, 2.05) is 6.07 Å². The van der Waals surface area contributed by atoms with Crippen LogP contribution in [0.25, 0.3) is 0 Å². The number of hydrogen-bond acceptors (Lipinski definition) is 5. The Labute approximate surface area is 154 Å². The summed E-state index contributed by atoms with van der Waals surface area (Å²) in [6, 6.07) is 10.4. The second kappa shape index (κ2) is 7.23. The summed E-state index contributed by atoms with van der Waals surface area (Å²) >= 11 is 6.57. The largest absolute Gasteiger partial charge is 0.507 e. The fourth-order valence-corrected chi connectivity index (χ4v) is 3.14. The Morgan fingerprint density at radius 1 is 1.25 bits per heavy atom. The molecule has 1 aliphatic heterocycles. The van der Waals surface area contributed by atoms with E-state index in [1.54, 1.807) is 24.3 Å². The van der Waals surface area contributed by atoms with Crippen molar-refractivity contribution in [2.45, 2.75) is 6.10 Å². The molecule has 0 bridgehead atoms. The molecule has 24 heavy (non-hydrogen) atoms. The summed E-state index contributed by atoms with van der Waals surface area (Å²) in [7, 11) is 0. The van der Waals surface area contributed by atoms with E-state index in [1.165, 1.54) is 12.3 Å². The third-order valence-electron chi connectivity index (χ3n) is 3.25. The number of aromatic hydroxyl groups is 1. The van der Waals surface area contributed by atoms with Gasteiger partial charge in [-0.25, -0.2) is 5.43 Å². The highest BCUT2D eigenvalue weighted by atomic mass is 79.9. The fraction of sp³-hybridized carbons (Fsp3) is 0.125. The number of rotatable bonds is 3. The topological polar surface area (TPSA) is 80.2 Å². The van der Waals surface area contributed by atoms with Gasteiger partial charge in [-0.3, -0.25) is 4.79 Å². The van der Waals surface area contributed by atoms with Crippen molar-refractivity contribution in [1.82, 2.24) is 5.43 Å². The minimum absolute atomic E-state index is 0.0756. The number of phenolic OH excluding ortho intramolecular Hbond substituents is 1. The van der Waals surface area contributed by atoms with Crippen molar-refractivity contribution in [2.75, 3.05) is 6.61 Å². The van der Waals surface area contributed by atoms with Crippen molar-refractivity contribution in [1.29, 1.82) is 0 Å². The van der Waals surface area contributed by atoms with E-state index in [-0.39, 0.29) is 12.4 Å². The van der Waals surface area contributed by atoms with Crippen LogP contribution in [0.1, 0.15) is 5.56 Å². The molecule has 0 saturated heterocycles. The van der Waals surface area contributed by atoms with Gasteiger partial charge in [-0.1, -0.05) is 28.1 Å². The van der Waals surface area contributed by atoms with E-state index in [0.29, 0.717) is 21.5 Å². The minimum atomic E-state index is -0.779. The predicted octanol–water partition coefficient (Wildman–Crippen LogP) is 3.21. The lowest BCUT2D eigenvalue weighted by Crippen LogP contribution is -2.42. The quantitative estimate of drug-likeness (QED) is 0.550. The molecule has 1 heterocycles. The Morgan fingerprint density at radius 3 is 2.79 bits per heavy atom. The molecule has 2 aromatic rings. The number of halogens is 2. The molecule has 2 N–H and O–H groups in total. The Hall–Kier alpha value is -2.06. The number of nitrogens with one attached hydrogen (secondary N) is 1. The second-order valence-corrected chi connectivity index (χ2v) is 6.63. The number of phenols is 1. The lowest BCUT2D eigenvalue weighted by Gasteiger charge is -2.24. The summed E-state index contributed by atoms with van der Waals surface area (Å²) in [5.74, 6) is 0.789. The van der Waals surface area contributed by atoms with Crippen molar-refractivity contribution >= 4 is 44.0 Å². The summed E-state index contributed by atoms with van der Waals surface area (Å²) in [5.41, 5.74) is 3.02. The van der Waals surface area contributed by atoms with Crippen LogP contribution >= 0.6 is 31.9 Å². The van der Waals surface area contributed by atoms with Gasteiger partial charge < -0.3 is 14.6 Å². The van der Waals surface area contributed by atoms with Gasteiger partial charge in [0, 0.05) is 10.0 Å². The first-order chi connectivity index (χ1) is 11.5. The number of para-hydroxylation sites is 2. The zero-order valence-electron chi connectivity index (χ0n) is 12.2. The Morgan fingerprint density at radius 2 is 2.00 bits per heavy atom. The van der Waals surface area contributed by atoms with Crippen LogP contribution in [0, 0.1) is 0 Å². The molecule has 0 unspecified atom stereocenters. The lowest BCUT2D eigenvalue weighted by atomic mass is 10.2. The molecule has 1 aliphatic rings. The number of nitrogens with zero attached hydrogens (tertiary/aromatic N) is 1. The third-order valence-corrected chi connectivity index (χ3v) is 4.57. The maximum absolute atomic E-state index is 12.1. The third kappa shape index (κ3) is 3.70. The van der Waals surface area contributed by atoms with Crippen LogP contribution in [0.5, 0.6) is 17.2 Å². The van der Waals surface area contributed by atoms with Gasteiger partial charge in [0.15, 0.2) is 11.5 Å². The van der Waals surface area contributed by atoms with Crippen molar-refractivity contribution in [3.8, 4) is 17.2 Å². The zero-order valence-corrected chi connectivity index (χ0v) is 15.4. The molecule has 2 aromatic carbocycles. The summed E-state index contributed by atoms with van der Waals surface area (Å²) in [6.07, 6.45) is 0.644. The summed E-state index contributed by atoms with van der Waals surface area (Å²) in [5, 5.41) is 13.6. The number of hydrazone groups is 1. The summed E-state index contributed by atoms with van der Waals surface area (Å²) < 4.78 is 12.4. The summed E-state index contributed by atoms with van der Waals surface area (Å²) in [4.78, 5) is 12.1. The highest BCUT2D eigenvalue weighted by molar-refractivity contribution is 9.11. The van der Waals surface area contributed by atoms with E-state index >= 15 is 0 Å². The predicted molar refractivity (Wildman–Crippen MR) is 95.6 cm³/mol. The van der Waals surface area contributed by atoms with Crippen molar-refractivity contribution in [3.05, 3.63) is 50.9 Å². The molecular weight excluding hydrogens is 444 g/mol. The molecule has 124 valence electrons. The highest BCUT2D eigenvalue weighted by Crippen LogP contribution is 2.31. The van der Waals surface area contributed by atoms with Crippen LogP contribution in [0.15, 0.2) is 50.4 Å². The monoisotopic (exact) mass is 454 g/mol. The van der Waals surface area contributed by atoms with E-state index in [0.717, 1.165) is 4.47 Å². The molecule has 0 aromatic heterocycles. The maximum atomic E-state index is 12.1. The van der Waals surface area contributed by atoms with E-state index in [9.17, 15) is 9.90 Å². The molecule has 1 amide bonds. The van der Waals surface area contributed by atoms with Crippen LogP contribution in [-0.4, -0.2) is 29.9 Å². The van der Waals surface area contributed by atoms with Gasteiger partial charge in [-0.2, -0.15) is 5.10 Å². The van der Waals surface area contributed by atoms with Gasteiger partial charge in [-0.05, 0) is 40.2 Å². The first kappa shape index (κ1) is 16.8. The molecule has 0 spiro atoms. The molecule has 3 rings (SSSR count). The molecule has 0 aliphatic carbocycles. The smallest absolute Gasteiger partial charge is 0.284 e. The summed E-state index contributed by atoms with van der Waals surface area (Å²) in [6.45, 7) is 0.112. The van der Waals surface area contributed by atoms with Gasteiger partial charge in [0.1, 0.15) is 12.4 Å². The van der Waals surface area contributed by atoms with Crippen LogP contribution in [0.4, 0.5) is 0 Å². The zero-order chi connectivity index (χ0) is 17.1. The van der Waals surface area contributed by atoms with E-state index in [2.05, 4.69) is 42.4 Å². The molecule has 0 saturated carbocycles. The van der Waals surface area contributed by atoms with E-state index < -0.39 is 12.0 Å². The fourth-order valence-electron chi connectivity index (χ4n) is 2.04. The number of benzene rings is 2. The Balaban J connectivity index is 1.63. The SMILES string of the molecule is O=C(N/N=C/c1cc(O)c(Br)cc1Br)[C@H]1COc2ccccc2O1. The first-order valence-electron chi connectivity index (χ1n) is 6.94. The number of fused-ring (bicyclic) bond motifs is 1. The molecular formula is C16H12Br2N2O4. The van der Waals surface area contributed by atoms with Gasteiger partial charge in [-0.15, -0.1) is 0 Å². The van der Waals surface area contributed by atoms with Gasteiger partial charge >= 0.3 is 0 Å². The van der Waals surface area contributed by atoms with Crippen LogP contribution in [-0.2, 0) is 4.79 Å². The number of hydrogen-bond donors (Lipinski definition) is 2. The number of carbonyl (C=O) groups excluding carboxylic acids is 1. The lowest BCUT2D eigenvalue weighted by molar-refractivity contribution is -0.130. The van der Waals surface area contributed by atoms with Crippen molar-refractivity contribution in [2.24, 2.45) is 5.10 Å². The average Bonchev–Trinajstić information content (AvgIpc) is 2.58. The van der Waals surface area contributed by atoms with E-state index in [4.69, 9.17) is 9.47 Å². The normalized spacial score (nSPS) is 16.2. The molecule has 0 fully saturated rings. The van der Waals surface area contributed by atoms with Crippen LogP contribution in [0.2, 0.25) is 0 Å². The minimum Gasteiger partial charge on any atom is -0.507 e. The Kier molecular flexibility index (Phi) is 5.06. The number of ether oxygens (including phenoxy) is 2. The standard InChI is InChI=1S/C16H12Br2N2O4/c17-10-6-11(18)12(21)5-9(10)7-19-20-16(22)15-8-23-13-3-1-2-4-14(13)24-15/h1-7,15,21H,8H2,(H,20,22)/b19-7+/t15-/m1/s1. The molecule has 8 heteroatoms. The average molecular weight is 456 g/mol. The molecule has 0 radical (unpaired) electrons. The molecule has 6 nitrogen and oxygen atoms in total. The van der Waals surface area contributed by atoms with Crippen molar-refractivity contribution < 1.29 is 19.4 Å². The Bertz CT molecular complexity index is 811. The highest BCUT2D eigenvalue weighted by Gasteiger charge is 2.26. The van der Waals surface area contributed by atoms with Crippen LogP contribution < -0.4 is 14.9 Å². The van der Waals surface area contributed by atoms with Gasteiger partial charge in [0.2, 0.25) is 6.10 Å². The molecule has 1 atom stereocenters. The van der Waals surface area contributed by atoms with Crippen molar-refractivity contribution in [3.63, 3.8) is 0 Å².